The van der Waals surface area contributed by atoms with Crippen LogP contribution in [0, 0.1) is 5.92 Å². The van der Waals surface area contributed by atoms with Crippen molar-refractivity contribution in [1.29, 1.82) is 0 Å². The first-order valence-corrected chi connectivity index (χ1v) is 12.1. The normalized spacial score (nSPS) is 17.5. The van der Waals surface area contributed by atoms with Crippen molar-refractivity contribution in [3.8, 4) is 11.5 Å². The summed E-state index contributed by atoms with van der Waals surface area (Å²) < 4.78 is 10.6. The zero-order chi connectivity index (χ0) is 24.8. The molecule has 0 bridgehead atoms. The summed E-state index contributed by atoms with van der Waals surface area (Å²) >= 11 is 0. The highest BCUT2D eigenvalue weighted by atomic mass is 16.5. The van der Waals surface area contributed by atoms with Crippen molar-refractivity contribution in [3.05, 3.63) is 59.2 Å². The van der Waals surface area contributed by atoms with Crippen molar-refractivity contribution in [1.82, 2.24) is 15.1 Å². The van der Waals surface area contributed by atoms with Crippen LogP contribution < -0.4 is 14.8 Å². The van der Waals surface area contributed by atoms with E-state index in [0.717, 1.165) is 37.1 Å². The maximum Gasteiger partial charge on any atom is 0.253 e. The second kappa shape index (κ2) is 11.3. The third-order valence-corrected chi connectivity index (χ3v) is 6.74. The largest absolute Gasteiger partial charge is 0.493 e. The first kappa shape index (κ1) is 24.6. The van der Waals surface area contributed by atoms with E-state index >= 15 is 0 Å². The molecule has 2 aromatic rings. The van der Waals surface area contributed by atoms with E-state index in [0.29, 0.717) is 43.1 Å². The molecule has 2 fully saturated rings. The van der Waals surface area contributed by atoms with E-state index in [1.54, 1.807) is 19.1 Å². The Kier molecular flexibility index (Phi) is 7.90. The van der Waals surface area contributed by atoms with Gasteiger partial charge in [0.1, 0.15) is 0 Å². The van der Waals surface area contributed by atoms with Crippen molar-refractivity contribution >= 4 is 17.7 Å². The summed E-state index contributed by atoms with van der Waals surface area (Å²) in [5, 5.41) is 2.95. The molecule has 8 nitrogen and oxygen atoms in total. The number of hydrogen-bond acceptors (Lipinski definition) is 5. The van der Waals surface area contributed by atoms with Gasteiger partial charge < -0.3 is 24.6 Å². The molecule has 1 atom stereocenters. The number of amides is 3. The molecule has 0 aliphatic carbocycles. The van der Waals surface area contributed by atoms with E-state index < -0.39 is 0 Å². The molecule has 2 aliphatic heterocycles. The Labute approximate surface area is 206 Å². The molecule has 1 N–H and O–H groups in total. The standard InChI is InChI=1S/C27H33N3O5/c1-34-23-9-8-19(15-24(23)35-2)10-13-30-18-22(16-25(30)31)26(32)28-17-20-6-5-7-21(14-20)27(33)29-11-3-4-12-29/h5-9,14-15,22H,3-4,10-13,16-18H2,1-2H3,(H,28,32). The molecule has 3 amide bonds. The Balaban J connectivity index is 1.27. The van der Waals surface area contributed by atoms with Gasteiger partial charge in [-0.15, -0.1) is 0 Å². The molecule has 186 valence electrons. The van der Waals surface area contributed by atoms with Crippen molar-refractivity contribution in [2.75, 3.05) is 40.4 Å². The fourth-order valence-electron chi connectivity index (χ4n) is 4.71. The highest BCUT2D eigenvalue weighted by Gasteiger charge is 2.34. The lowest BCUT2D eigenvalue weighted by atomic mass is 10.1. The van der Waals surface area contributed by atoms with Gasteiger partial charge in [0, 0.05) is 44.7 Å². The average molecular weight is 480 g/mol. The number of rotatable bonds is 9. The van der Waals surface area contributed by atoms with Crippen molar-refractivity contribution in [2.45, 2.75) is 32.2 Å². The summed E-state index contributed by atoms with van der Waals surface area (Å²) in [6.45, 7) is 2.89. The van der Waals surface area contributed by atoms with Gasteiger partial charge >= 0.3 is 0 Å². The van der Waals surface area contributed by atoms with E-state index in [2.05, 4.69) is 5.32 Å². The minimum Gasteiger partial charge on any atom is -0.493 e. The zero-order valence-electron chi connectivity index (χ0n) is 20.4. The third-order valence-electron chi connectivity index (χ3n) is 6.74. The van der Waals surface area contributed by atoms with Gasteiger partial charge in [0.2, 0.25) is 11.8 Å². The van der Waals surface area contributed by atoms with E-state index in [4.69, 9.17) is 9.47 Å². The van der Waals surface area contributed by atoms with Crippen molar-refractivity contribution in [2.24, 2.45) is 5.92 Å². The lowest BCUT2D eigenvalue weighted by Gasteiger charge is -2.17. The van der Waals surface area contributed by atoms with Crippen LogP contribution in [0.25, 0.3) is 0 Å². The molecule has 0 saturated carbocycles. The van der Waals surface area contributed by atoms with Crippen LogP contribution in [0.3, 0.4) is 0 Å². The van der Waals surface area contributed by atoms with Gasteiger partial charge in [-0.05, 0) is 54.7 Å². The number of likely N-dealkylation sites (tertiary alicyclic amines) is 2. The molecule has 0 radical (unpaired) electrons. The maximum absolute atomic E-state index is 12.8. The second-order valence-electron chi connectivity index (χ2n) is 9.10. The number of carbonyl (C=O) groups is 3. The number of nitrogens with one attached hydrogen (secondary N) is 1. The summed E-state index contributed by atoms with van der Waals surface area (Å²) in [6.07, 6.45) is 2.98. The second-order valence-corrected chi connectivity index (χ2v) is 9.10. The summed E-state index contributed by atoms with van der Waals surface area (Å²) in [4.78, 5) is 41.5. The van der Waals surface area contributed by atoms with E-state index in [9.17, 15) is 14.4 Å². The Morgan fingerprint density at radius 3 is 2.51 bits per heavy atom. The lowest BCUT2D eigenvalue weighted by molar-refractivity contribution is -0.129. The Morgan fingerprint density at radius 1 is 1.00 bits per heavy atom. The lowest BCUT2D eigenvalue weighted by Crippen LogP contribution is -2.33. The number of carbonyl (C=O) groups excluding carboxylic acids is 3. The number of ether oxygens (including phenoxy) is 2. The topological polar surface area (TPSA) is 88.2 Å². The van der Waals surface area contributed by atoms with Crippen LogP contribution in [0.5, 0.6) is 11.5 Å². The summed E-state index contributed by atoms with van der Waals surface area (Å²) in [5.41, 5.74) is 2.56. The maximum atomic E-state index is 12.8. The van der Waals surface area contributed by atoms with Crippen LogP contribution in [0.1, 0.15) is 40.7 Å². The van der Waals surface area contributed by atoms with Gasteiger partial charge in [0.25, 0.3) is 5.91 Å². The highest BCUT2D eigenvalue weighted by molar-refractivity contribution is 5.94. The number of benzene rings is 2. The molecule has 4 rings (SSSR count). The number of nitrogens with zero attached hydrogens (tertiary/aromatic N) is 2. The monoisotopic (exact) mass is 479 g/mol. The first-order chi connectivity index (χ1) is 17.0. The predicted octanol–water partition coefficient (Wildman–Crippen LogP) is 2.65. The van der Waals surface area contributed by atoms with Crippen molar-refractivity contribution in [3.63, 3.8) is 0 Å². The zero-order valence-corrected chi connectivity index (χ0v) is 20.4. The van der Waals surface area contributed by atoms with Crippen LogP contribution in [0.15, 0.2) is 42.5 Å². The quantitative estimate of drug-likeness (QED) is 0.598. The van der Waals surface area contributed by atoms with Crippen LogP contribution >= 0.6 is 0 Å². The molecule has 2 aromatic carbocycles. The van der Waals surface area contributed by atoms with Crippen LogP contribution in [-0.4, -0.2) is 67.9 Å². The van der Waals surface area contributed by atoms with Gasteiger partial charge in [0.15, 0.2) is 11.5 Å². The van der Waals surface area contributed by atoms with E-state index in [1.807, 2.05) is 47.4 Å². The van der Waals surface area contributed by atoms with Gasteiger partial charge in [-0.25, -0.2) is 0 Å². The molecule has 2 heterocycles. The average Bonchev–Trinajstić information content (AvgIpc) is 3.55. The molecule has 35 heavy (non-hydrogen) atoms. The molecule has 0 aromatic heterocycles. The van der Waals surface area contributed by atoms with Gasteiger partial charge in [-0.2, -0.15) is 0 Å². The third kappa shape index (κ3) is 5.93. The Morgan fingerprint density at radius 2 is 1.77 bits per heavy atom. The van der Waals surface area contributed by atoms with Crippen molar-refractivity contribution < 1.29 is 23.9 Å². The fourth-order valence-corrected chi connectivity index (χ4v) is 4.71. The Hall–Kier alpha value is -3.55. The molecular weight excluding hydrogens is 446 g/mol. The molecule has 8 heteroatoms. The fraction of sp³-hybridized carbons (Fsp3) is 0.444. The van der Waals surface area contributed by atoms with Crippen LogP contribution in [-0.2, 0) is 22.6 Å². The first-order valence-electron chi connectivity index (χ1n) is 12.1. The number of methoxy groups -OCH3 is 2. The summed E-state index contributed by atoms with van der Waals surface area (Å²) in [5.74, 6) is 0.842. The molecule has 0 spiro atoms. The van der Waals surface area contributed by atoms with Crippen LogP contribution in [0.4, 0.5) is 0 Å². The molecule has 2 saturated heterocycles. The number of hydrogen-bond donors (Lipinski definition) is 1. The SMILES string of the molecule is COc1ccc(CCN2CC(C(=O)NCc3cccc(C(=O)N4CCCC4)c3)CC2=O)cc1OC. The minimum atomic E-state index is -0.373. The smallest absolute Gasteiger partial charge is 0.253 e. The van der Waals surface area contributed by atoms with Crippen LogP contribution in [0.2, 0.25) is 0 Å². The summed E-state index contributed by atoms with van der Waals surface area (Å²) in [6, 6.07) is 13.1. The molecule has 2 aliphatic rings. The highest BCUT2D eigenvalue weighted by Crippen LogP contribution is 2.28. The Bertz CT molecular complexity index is 1080. The van der Waals surface area contributed by atoms with E-state index in [1.165, 1.54) is 0 Å². The molecular formula is C27H33N3O5. The van der Waals surface area contributed by atoms with Gasteiger partial charge in [0.05, 0.1) is 20.1 Å². The van der Waals surface area contributed by atoms with E-state index in [-0.39, 0.29) is 30.1 Å². The van der Waals surface area contributed by atoms with Gasteiger partial charge in [-0.3, -0.25) is 14.4 Å². The molecule has 1 unspecified atom stereocenters. The predicted molar refractivity (Wildman–Crippen MR) is 131 cm³/mol. The van der Waals surface area contributed by atoms with Gasteiger partial charge in [-0.1, -0.05) is 18.2 Å². The summed E-state index contributed by atoms with van der Waals surface area (Å²) in [7, 11) is 3.19. The minimum absolute atomic E-state index is 0.0103.